The molecule has 3 rings (SSSR count). The third-order valence-electron chi connectivity index (χ3n) is 7.24. The average molecular weight is 551 g/mol. The van der Waals surface area contributed by atoms with Crippen LogP contribution in [0.1, 0.15) is 93.0 Å². The Morgan fingerprint density at radius 3 is 2.33 bits per heavy atom. The summed E-state index contributed by atoms with van der Waals surface area (Å²) in [5.41, 5.74) is 4.13. The molecule has 216 valence electrons. The van der Waals surface area contributed by atoms with Crippen LogP contribution in [0.4, 0.5) is 0 Å². The highest BCUT2D eigenvalue weighted by atomic mass is 16.5. The molecule has 8 nitrogen and oxygen atoms in total. The zero-order valence-corrected chi connectivity index (χ0v) is 24.6. The van der Waals surface area contributed by atoms with Crippen LogP contribution in [0.2, 0.25) is 0 Å². The maximum atomic E-state index is 13.2. The van der Waals surface area contributed by atoms with Crippen LogP contribution in [0.25, 0.3) is 10.9 Å². The van der Waals surface area contributed by atoms with Crippen molar-refractivity contribution in [2.75, 3.05) is 20.8 Å². The van der Waals surface area contributed by atoms with Crippen molar-refractivity contribution in [3.8, 4) is 5.75 Å². The van der Waals surface area contributed by atoms with Gasteiger partial charge in [0.05, 0.1) is 25.7 Å². The molecule has 40 heavy (non-hydrogen) atoms. The van der Waals surface area contributed by atoms with Crippen molar-refractivity contribution in [2.24, 2.45) is 11.8 Å². The van der Waals surface area contributed by atoms with Crippen LogP contribution < -0.4 is 10.1 Å². The first-order valence-corrected chi connectivity index (χ1v) is 14.0. The van der Waals surface area contributed by atoms with Gasteiger partial charge in [0, 0.05) is 42.0 Å². The highest BCUT2D eigenvalue weighted by molar-refractivity contribution is 5.90. The Balaban J connectivity index is 2.14. The number of carbonyl (C=O) groups is 3. The summed E-state index contributed by atoms with van der Waals surface area (Å²) >= 11 is 0. The van der Waals surface area contributed by atoms with E-state index >= 15 is 0 Å². The van der Waals surface area contributed by atoms with E-state index in [1.54, 1.807) is 19.2 Å². The van der Waals surface area contributed by atoms with Crippen LogP contribution in [0, 0.1) is 11.8 Å². The summed E-state index contributed by atoms with van der Waals surface area (Å²) in [6, 6.07) is 11.3. The molecule has 8 heteroatoms. The molecule has 0 saturated heterocycles. The van der Waals surface area contributed by atoms with E-state index in [1.807, 2.05) is 51.2 Å². The van der Waals surface area contributed by atoms with Gasteiger partial charge in [0.15, 0.2) is 0 Å². The van der Waals surface area contributed by atoms with Crippen LogP contribution >= 0.6 is 0 Å². The van der Waals surface area contributed by atoms with Crippen molar-refractivity contribution in [2.45, 2.75) is 65.9 Å². The lowest BCUT2D eigenvalue weighted by molar-refractivity contribution is -0.153. The van der Waals surface area contributed by atoms with E-state index in [4.69, 9.17) is 14.2 Å². The predicted molar refractivity (Wildman–Crippen MR) is 156 cm³/mol. The lowest BCUT2D eigenvalue weighted by atomic mass is 9.83. The molecule has 0 fully saturated rings. The summed E-state index contributed by atoms with van der Waals surface area (Å²) in [7, 11) is 2.95. The van der Waals surface area contributed by atoms with Crippen LogP contribution in [0.15, 0.2) is 42.6 Å². The summed E-state index contributed by atoms with van der Waals surface area (Å²) < 4.78 is 16.4. The number of aromatic amines is 1. The van der Waals surface area contributed by atoms with E-state index in [0.717, 1.165) is 46.9 Å². The number of H-pyrrole nitrogens is 1. The number of methoxy groups -OCH3 is 2. The van der Waals surface area contributed by atoms with E-state index in [1.165, 1.54) is 14.0 Å². The second-order valence-corrected chi connectivity index (χ2v) is 10.4. The molecule has 1 heterocycles. The van der Waals surface area contributed by atoms with Gasteiger partial charge in [0.2, 0.25) is 5.91 Å². The molecule has 0 bridgehead atoms. The summed E-state index contributed by atoms with van der Waals surface area (Å²) in [5.74, 6) is -1.02. The fourth-order valence-electron chi connectivity index (χ4n) is 5.32. The number of esters is 2. The maximum Gasteiger partial charge on any atom is 0.337 e. The number of rotatable bonds is 13. The average Bonchev–Trinajstić information content (AvgIpc) is 3.36. The lowest BCUT2D eigenvalue weighted by Gasteiger charge is -2.29. The Morgan fingerprint density at radius 1 is 0.975 bits per heavy atom. The molecule has 0 spiro atoms. The molecule has 1 aromatic heterocycles. The van der Waals surface area contributed by atoms with Gasteiger partial charge in [-0.25, -0.2) is 4.79 Å². The van der Waals surface area contributed by atoms with Gasteiger partial charge in [0.1, 0.15) is 11.9 Å². The fourth-order valence-corrected chi connectivity index (χ4v) is 5.32. The molecular weight excluding hydrogens is 508 g/mol. The van der Waals surface area contributed by atoms with E-state index in [9.17, 15) is 14.4 Å². The van der Waals surface area contributed by atoms with Gasteiger partial charge in [0.25, 0.3) is 0 Å². The minimum absolute atomic E-state index is 0.0310. The number of hydrogen-bond donors (Lipinski definition) is 2. The summed E-state index contributed by atoms with van der Waals surface area (Å²) in [6.45, 7) is 9.99. The lowest BCUT2D eigenvalue weighted by Crippen LogP contribution is -2.38. The first-order chi connectivity index (χ1) is 19.2. The standard InChI is InChI=1S/C32H42N2O6/c1-8-10-23(24-13-11-22(32(37)39-7)17-28(24)38-6)26-18-34-27-14-12-21(16-25(26)27)30(40-20(5)35)29(19(3)4)31(36)33-15-9-2/h11-14,16-19,23,29-30,34H,8-10,15H2,1-7H3,(H,33,36). The van der Waals surface area contributed by atoms with Crippen molar-refractivity contribution >= 4 is 28.7 Å². The first kappa shape index (κ1) is 30.7. The van der Waals surface area contributed by atoms with Crippen LogP contribution in [-0.2, 0) is 19.1 Å². The highest BCUT2D eigenvalue weighted by Gasteiger charge is 2.35. The van der Waals surface area contributed by atoms with Gasteiger partial charge in [-0.15, -0.1) is 0 Å². The van der Waals surface area contributed by atoms with Crippen LogP contribution in [0.5, 0.6) is 5.75 Å². The Morgan fingerprint density at radius 2 is 1.73 bits per heavy atom. The molecule has 3 unspecified atom stereocenters. The molecule has 2 N–H and O–H groups in total. The maximum absolute atomic E-state index is 13.2. The predicted octanol–water partition coefficient (Wildman–Crippen LogP) is 6.30. The summed E-state index contributed by atoms with van der Waals surface area (Å²) in [4.78, 5) is 40.9. The number of nitrogens with one attached hydrogen (secondary N) is 2. The van der Waals surface area contributed by atoms with Crippen molar-refractivity contribution < 1.29 is 28.6 Å². The van der Waals surface area contributed by atoms with Crippen molar-refractivity contribution in [3.05, 3.63) is 64.8 Å². The van der Waals surface area contributed by atoms with Crippen molar-refractivity contribution in [1.29, 1.82) is 0 Å². The van der Waals surface area contributed by atoms with Crippen molar-refractivity contribution in [1.82, 2.24) is 10.3 Å². The number of benzene rings is 2. The molecule has 3 aromatic rings. The quantitative estimate of drug-likeness (QED) is 0.242. The topological polar surface area (TPSA) is 107 Å². The van der Waals surface area contributed by atoms with Gasteiger partial charge >= 0.3 is 11.9 Å². The normalized spacial score (nSPS) is 13.5. The minimum atomic E-state index is -0.736. The molecule has 0 aliphatic rings. The number of carbonyl (C=O) groups excluding carboxylic acids is 3. The molecule has 0 aliphatic carbocycles. The Hall–Kier alpha value is -3.81. The van der Waals surface area contributed by atoms with Crippen molar-refractivity contribution in [3.63, 3.8) is 0 Å². The highest BCUT2D eigenvalue weighted by Crippen LogP contribution is 2.41. The van der Waals surface area contributed by atoms with Gasteiger partial charge in [-0.3, -0.25) is 9.59 Å². The molecule has 0 aliphatic heterocycles. The summed E-state index contributed by atoms with van der Waals surface area (Å²) in [6.07, 6.45) is 3.84. The van der Waals surface area contributed by atoms with Crippen LogP contribution in [-0.4, -0.2) is 43.6 Å². The molecule has 1 amide bonds. The van der Waals surface area contributed by atoms with E-state index in [2.05, 4.69) is 17.2 Å². The Labute approximate surface area is 236 Å². The molecule has 3 atom stereocenters. The largest absolute Gasteiger partial charge is 0.496 e. The fraction of sp³-hybridized carbons (Fsp3) is 0.469. The minimum Gasteiger partial charge on any atom is -0.496 e. The third-order valence-corrected chi connectivity index (χ3v) is 7.24. The van der Waals surface area contributed by atoms with Gasteiger partial charge in [-0.2, -0.15) is 0 Å². The number of amides is 1. The molecule has 2 aromatic carbocycles. The zero-order chi connectivity index (χ0) is 29.4. The van der Waals surface area contributed by atoms with E-state index in [-0.39, 0.29) is 17.7 Å². The van der Waals surface area contributed by atoms with E-state index < -0.39 is 24.0 Å². The van der Waals surface area contributed by atoms with Gasteiger partial charge < -0.3 is 24.5 Å². The zero-order valence-electron chi connectivity index (χ0n) is 24.6. The summed E-state index contributed by atoms with van der Waals surface area (Å²) in [5, 5.41) is 3.96. The number of aromatic nitrogens is 1. The van der Waals surface area contributed by atoms with Crippen LogP contribution in [0.3, 0.4) is 0 Å². The second kappa shape index (κ2) is 14.0. The Kier molecular flexibility index (Phi) is 10.8. The monoisotopic (exact) mass is 550 g/mol. The number of fused-ring (bicyclic) bond motifs is 1. The SMILES string of the molecule is CCCNC(=O)C(C(C)C)C(OC(C)=O)c1ccc2[nH]cc(C(CCC)c3ccc(C(=O)OC)cc3OC)c2c1. The molecule has 0 saturated carbocycles. The second-order valence-electron chi connectivity index (χ2n) is 10.4. The smallest absolute Gasteiger partial charge is 0.337 e. The number of hydrogen-bond acceptors (Lipinski definition) is 6. The number of ether oxygens (including phenoxy) is 3. The molecular formula is C32H42N2O6. The first-order valence-electron chi connectivity index (χ1n) is 14.0. The molecule has 0 radical (unpaired) electrons. The Bertz CT molecular complexity index is 1330. The van der Waals surface area contributed by atoms with E-state index in [0.29, 0.717) is 17.9 Å². The van der Waals surface area contributed by atoms with Gasteiger partial charge in [-0.05, 0) is 54.2 Å². The third kappa shape index (κ3) is 6.84. The van der Waals surface area contributed by atoms with Gasteiger partial charge in [-0.1, -0.05) is 46.2 Å².